The molecule has 0 aromatic rings. The zero-order valence-electron chi connectivity index (χ0n) is 13.4. The van der Waals surface area contributed by atoms with Crippen LogP contribution in [0.15, 0.2) is 12.3 Å². The number of unbranched alkanes of at least 4 members (excludes halogenated alkanes) is 1. The van der Waals surface area contributed by atoms with Crippen molar-refractivity contribution in [2.24, 2.45) is 0 Å². The molecule has 0 amide bonds. The van der Waals surface area contributed by atoms with Gasteiger partial charge in [0.15, 0.2) is 13.1 Å². The molecule has 0 N–H and O–H groups in total. The fraction of sp³-hybridized carbons (Fsp3) is 0.875. The fourth-order valence-electron chi connectivity index (χ4n) is 1.47. The molecule has 0 saturated carbocycles. The summed E-state index contributed by atoms with van der Waals surface area (Å²) in [7, 11) is 0. The van der Waals surface area contributed by atoms with E-state index in [1.807, 2.05) is 6.08 Å². The predicted octanol–water partition coefficient (Wildman–Crippen LogP) is 4.25. The molecule has 0 atom stereocenters. The molecule has 0 aliphatic carbocycles. The Morgan fingerprint density at radius 1 is 0.900 bits per heavy atom. The number of ether oxygens (including phenoxy) is 4. The Morgan fingerprint density at radius 2 is 1.60 bits per heavy atom. The van der Waals surface area contributed by atoms with Crippen molar-refractivity contribution in [3.63, 3.8) is 0 Å². The number of allylic oxidation sites excluding steroid dienone is 1. The summed E-state index contributed by atoms with van der Waals surface area (Å²) < 4.78 is 21.8. The van der Waals surface area contributed by atoms with Crippen molar-refractivity contribution in [2.45, 2.75) is 65.6 Å². The van der Waals surface area contributed by atoms with Crippen LogP contribution in [-0.4, -0.2) is 32.9 Å². The number of hydrogen-bond donors (Lipinski definition) is 0. The Kier molecular flexibility index (Phi) is 16.0. The van der Waals surface area contributed by atoms with Gasteiger partial charge in [0.05, 0.1) is 12.9 Å². The van der Waals surface area contributed by atoms with E-state index >= 15 is 0 Å². The molecule has 0 saturated heterocycles. The van der Waals surface area contributed by atoms with Gasteiger partial charge in [-0.1, -0.05) is 27.2 Å². The van der Waals surface area contributed by atoms with E-state index in [0.717, 1.165) is 58.3 Å². The minimum atomic E-state index is -0.0969. The third-order valence-corrected chi connectivity index (χ3v) is 2.57. The van der Waals surface area contributed by atoms with Gasteiger partial charge in [-0.25, -0.2) is 0 Å². The molecule has 4 nitrogen and oxygen atoms in total. The smallest absolute Gasteiger partial charge is 0.188 e. The highest BCUT2D eigenvalue weighted by Gasteiger charge is 2.07. The van der Waals surface area contributed by atoms with Crippen LogP contribution in [0.1, 0.15) is 59.3 Å². The van der Waals surface area contributed by atoms with Crippen molar-refractivity contribution in [3.05, 3.63) is 12.3 Å². The fourth-order valence-corrected chi connectivity index (χ4v) is 1.47. The molecule has 0 aliphatic heterocycles. The molecule has 0 bridgehead atoms. The van der Waals surface area contributed by atoms with Crippen molar-refractivity contribution >= 4 is 0 Å². The SMILES string of the molecule is CCCCOCOC=CCCC(OCCC)OCCC. The van der Waals surface area contributed by atoms with Gasteiger partial charge < -0.3 is 18.9 Å². The van der Waals surface area contributed by atoms with Crippen LogP contribution in [0.3, 0.4) is 0 Å². The highest BCUT2D eigenvalue weighted by Crippen LogP contribution is 2.06. The molecular formula is C16H32O4. The van der Waals surface area contributed by atoms with Crippen molar-refractivity contribution in [2.75, 3.05) is 26.6 Å². The van der Waals surface area contributed by atoms with Gasteiger partial charge in [0.2, 0.25) is 0 Å². The topological polar surface area (TPSA) is 36.9 Å². The average molecular weight is 288 g/mol. The van der Waals surface area contributed by atoms with Gasteiger partial charge in [0.1, 0.15) is 0 Å². The largest absolute Gasteiger partial charge is 0.475 e. The summed E-state index contributed by atoms with van der Waals surface area (Å²) in [6, 6.07) is 0. The van der Waals surface area contributed by atoms with Crippen LogP contribution in [-0.2, 0) is 18.9 Å². The molecular weight excluding hydrogens is 256 g/mol. The number of hydrogen-bond acceptors (Lipinski definition) is 4. The van der Waals surface area contributed by atoms with Crippen LogP contribution in [0.5, 0.6) is 0 Å². The second kappa shape index (κ2) is 16.5. The molecule has 20 heavy (non-hydrogen) atoms. The lowest BCUT2D eigenvalue weighted by molar-refractivity contribution is -0.145. The summed E-state index contributed by atoms with van der Waals surface area (Å²) >= 11 is 0. The maximum absolute atomic E-state index is 5.64. The lowest BCUT2D eigenvalue weighted by atomic mass is 10.3. The first-order valence-corrected chi connectivity index (χ1v) is 7.92. The normalized spacial score (nSPS) is 11.6. The second-order valence-electron chi connectivity index (χ2n) is 4.67. The van der Waals surface area contributed by atoms with E-state index in [1.54, 1.807) is 6.26 Å². The molecule has 0 rings (SSSR count). The van der Waals surface area contributed by atoms with E-state index in [-0.39, 0.29) is 6.29 Å². The Hall–Kier alpha value is -0.580. The first-order valence-electron chi connectivity index (χ1n) is 7.92. The van der Waals surface area contributed by atoms with E-state index < -0.39 is 0 Å². The quantitative estimate of drug-likeness (QED) is 0.256. The van der Waals surface area contributed by atoms with Crippen molar-refractivity contribution in [3.8, 4) is 0 Å². The lowest BCUT2D eigenvalue weighted by Crippen LogP contribution is -2.18. The molecule has 0 aromatic carbocycles. The van der Waals surface area contributed by atoms with Gasteiger partial charge in [0.25, 0.3) is 0 Å². The van der Waals surface area contributed by atoms with Gasteiger partial charge in [-0.3, -0.25) is 0 Å². The summed E-state index contributed by atoms with van der Waals surface area (Å²) in [4.78, 5) is 0. The van der Waals surface area contributed by atoms with E-state index in [4.69, 9.17) is 18.9 Å². The molecule has 0 fully saturated rings. The van der Waals surface area contributed by atoms with Gasteiger partial charge in [-0.2, -0.15) is 0 Å². The van der Waals surface area contributed by atoms with Gasteiger partial charge >= 0.3 is 0 Å². The molecule has 0 unspecified atom stereocenters. The standard InChI is InChI=1S/C16H32O4/c1-4-7-13-17-15-18-14-9-8-10-16(19-11-5-2)20-12-6-3/h9,14,16H,4-8,10-13,15H2,1-3H3. The number of rotatable bonds is 15. The first kappa shape index (κ1) is 19.4. The Labute approximate surface area is 124 Å². The van der Waals surface area contributed by atoms with Crippen molar-refractivity contribution in [1.82, 2.24) is 0 Å². The molecule has 0 spiro atoms. The predicted molar refractivity (Wildman–Crippen MR) is 81.5 cm³/mol. The van der Waals surface area contributed by atoms with Crippen LogP contribution in [0, 0.1) is 0 Å². The summed E-state index contributed by atoms with van der Waals surface area (Å²) in [5.74, 6) is 0. The molecule has 0 aliphatic rings. The monoisotopic (exact) mass is 288 g/mol. The molecule has 0 heterocycles. The third-order valence-electron chi connectivity index (χ3n) is 2.57. The summed E-state index contributed by atoms with van der Waals surface area (Å²) in [6.45, 7) is 8.94. The maximum Gasteiger partial charge on any atom is 0.188 e. The van der Waals surface area contributed by atoms with Crippen LogP contribution < -0.4 is 0 Å². The van der Waals surface area contributed by atoms with E-state index in [1.165, 1.54) is 0 Å². The summed E-state index contributed by atoms with van der Waals surface area (Å²) in [6.07, 6.45) is 9.58. The Balaban J connectivity index is 3.54. The summed E-state index contributed by atoms with van der Waals surface area (Å²) in [5, 5.41) is 0. The second-order valence-corrected chi connectivity index (χ2v) is 4.67. The highest BCUT2D eigenvalue weighted by atomic mass is 16.7. The van der Waals surface area contributed by atoms with Crippen LogP contribution in [0.25, 0.3) is 0 Å². The van der Waals surface area contributed by atoms with E-state index in [2.05, 4.69) is 20.8 Å². The van der Waals surface area contributed by atoms with Crippen molar-refractivity contribution in [1.29, 1.82) is 0 Å². The molecule has 0 radical (unpaired) electrons. The zero-order valence-corrected chi connectivity index (χ0v) is 13.4. The van der Waals surface area contributed by atoms with E-state index in [9.17, 15) is 0 Å². The van der Waals surface area contributed by atoms with Gasteiger partial charge in [-0.05, 0) is 31.8 Å². The Bertz CT molecular complexity index is 199. The highest BCUT2D eigenvalue weighted by molar-refractivity contribution is 4.73. The van der Waals surface area contributed by atoms with Crippen LogP contribution >= 0.6 is 0 Å². The Morgan fingerprint density at radius 3 is 2.20 bits per heavy atom. The zero-order chi connectivity index (χ0) is 14.9. The van der Waals surface area contributed by atoms with Crippen molar-refractivity contribution < 1.29 is 18.9 Å². The van der Waals surface area contributed by atoms with Crippen LogP contribution in [0.2, 0.25) is 0 Å². The molecule has 4 heteroatoms. The van der Waals surface area contributed by atoms with E-state index in [0.29, 0.717) is 6.79 Å². The van der Waals surface area contributed by atoms with Gasteiger partial charge in [0, 0.05) is 19.6 Å². The molecule has 0 aromatic heterocycles. The molecule has 120 valence electrons. The lowest BCUT2D eigenvalue weighted by Gasteiger charge is -2.17. The summed E-state index contributed by atoms with van der Waals surface area (Å²) in [5.41, 5.74) is 0. The van der Waals surface area contributed by atoms with Crippen LogP contribution in [0.4, 0.5) is 0 Å². The minimum Gasteiger partial charge on any atom is -0.475 e. The first-order chi connectivity index (χ1) is 9.85. The maximum atomic E-state index is 5.64. The van der Waals surface area contributed by atoms with Gasteiger partial charge in [-0.15, -0.1) is 0 Å². The minimum absolute atomic E-state index is 0.0969. The third kappa shape index (κ3) is 13.8. The average Bonchev–Trinajstić information content (AvgIpc) is 2.47.